The van der Waals surface area contributed by atoms with Gasteiger partial charge >= 0.3 is 12.0 Å². The molecule has 17 heavy (non-hydrogen) atoms. The minimum atomic E-state index is -1.01. The molecule has 0 aliphatic heterocycles. The normalized spacial score (nSPS) is 12.2. The molecule has 0 bridgehead atoms. The zero-order valence-corrected chi connectivity index (χ0v) is 10.7. The summed E-state index contributed by atoms with van der Waals surface area (Å²) in [5.41, 5.74) is 0. The van der Waals surface area contributed by atoms with Gasteiger partial charge in [0.2, 0.25) is 0 Å². The van der Waals surface area contributed by atoms with Crippen molar-refractivity contribution in [3.63, 3.8) is 0 Å². The second kappa shape index (κ2) is 8.81. The minimum Gasteiger partial charge on any atom is -0.480 e. The van der Waals surface area contributed by atoms with Crippen LogP contribution in [0, 0.1) is 5.92 Å². The monoisotopic (exact) mass is 245 g/mol. The van der Waals surface area contributed by atoms with Crippen LogP contribution in [0.25, 0.3) is 0 Å². The van der Waals surface area contributed by atoms with E-state index in [2.05, 4.69) is 16.0 Å². The first-order valence-electron chi connectivity index (χ1n) is 5.97. The van der Waals surface area contributed by atoms with Gasteiger partial charge in [0, 0.05) is 6.54 Å². The first-order valence-corrected chi connectivity index (χ1v) is 5.97. The number of aliphatic carboxylic acids is 1. The topological polar surface area (TPSA) is 90.5 Å². The number of carbonyl (C=O) groups excluding carboxylic acids is 1. The van der Waals surface area contributed by atoms with Crippen LogP contribution in [0.3, 0.4) is 0 Å². The van der Waals surface area contributed by atoms with Crippen LogP contribution in [0.5, 0.6) is 0 Å². The molecule has 6 nitrogen and oxygen atoms in total. The summed E-state index contributed by atoms with van der Waals surface area (Å²) in [4.78, 5) is 22.2. The number of carbonyl (C=O) groups is 2. The van der Waals surface area contributed by atoms with Gasteiger partial charge in [-0.2, -0.15) is 0 Å². The molecule has 4 N–H and O–H groups in total. The van der Waals surface area contributed by atoms with E-state index in [1.54, 1.807) is 13.8 Å². The van der Waals surface area contributed by atoms with E-state index in [9.17, 15) is 9.59 Å². The lowest BCUT2D eigenvalue weighted by atomic mass is 10.1. The number of rotatable bonds is 8. The highest BCUT2D eigenvalue weighted by molar-refractivity contribution is 5.82. The number of carboxylic acid groups (broad SMARTS) is 1. The second-order valence-electron chi connectivity index (χ2n) is 4.17. The highest BCUT2D eigenvalue weighted by atomic mass is 16.4. The van der Waals surface area contributed by atoms with Gasteiger partial charge < -0.3 is 21.1 Å². The largest absolute Gasteiger partial charge is 0.480 e. The van der Waals surface area contributed by atoms with Gasteiger partial charge in [-0.15, -0.1) is 0 Å². The fourth-order valence-electron chi connectivity index (χ4n) is 1.30. The van der Waals surface area contributed by atoms with Gasteiger partial charge in [0.25, 0.3) is 0 Å². The summed E-state index contributed by atoms with van der Waals surface area (Å²) >= 11 is 0. The molecule has 0 saturated carbocycles. The lowest BCUT2D eigenvalue weighted by Crippen LogP contribution is -2.48. The number of nitrogens with one attached hydrogen (secondary N) is 3. The van der Waals surface area contributed by atoms with Crippen LogP contribution in [0.15, 0.2) is 0 Å². The predicted molar refractivity (Wildman–Crippen MR) is 66.0 cm³/mol. The smallest absolute Gasteiger partial charge is 0.326 e. The molecule has 0 aromatic heterocycles. The van der Waals surface area contributed by atoms with Gasteiger partial charge in [-0.1, -0.05) is 20.8 Å². The lowest BCUT2D eigenvalue weighted by molar-refractivity contribution is -0.140. The van der Waals surface area contributed by atoms with Crippen LogP contribution in [0.4, 0.5) is 4.79 Å². The van der Waals surface area contributed by atoms with Crippen molar-refractivity contribution < 1.29 is 14.7 Å². The molecule has 0 spiro atoms. The molecule has 100 valence electrons. The Bertz CT molecular complexity index is 244. The van der Waals surface area contributed by atoms with Crippen molar-refractivity contribution in [2.45, 2.75) is 33.2 Å². The molecule has 0 aliphatic carbocycles. The first-order chi connectivity index (χ1) is 7.99. The second-order valence-corrected chi connectivity index (χ2v) is 4.17. The van der Waals surface area contributed by atoms with Gasteiger partial charge in [-0.25, -0.2) is 9.59 Å². The predicted octanol–water partition coefficient (Wildman–Crippen LogP) is 0.394. The molecule has 0 aromatic carbocycles. The molecule has 0 fully saturated rings. The van der Waals surface area contributed by atoms with Gasteiger partial charge in [-0.3, -0.25) is 0 Å². The summed E-state index contributed by atoms with van der Waals surface area (Å²) in [5.74, 6) is -1.15. The Morgan fingerprint density at radius 2 is 1.88 bits per heavy atom. The first kappa shape index (κ1) is 15.7. The van der Waals surface area contributed by atoms with Gasteiger partial charge in [0.1, 0.15) is 6.04 Å². The van der Waals surface area contributed by atoms with Crippen LogP contribution >= 0.6 is 0 Å². The van der Waals surface area contributed by atoms with Crippen molar-refractivity contribution in [2.24, 2.45) is 5.92 Å². The summed E-state index contributed by atoms with van der Waals surface area (Å²) < 4.78 is 0. The molecule has 0 rings (SSSR count). The molecule has 0 saturated heterocycles. The maximum atomic E-state index is 11.4. The molecule has 0 heterocycles. The third kappa shape index (κ3) is 7.57. The third-order valence-electron chi connectivity index (χ3n) is 2.29. The summed E-state index contributed by atoms with van der Waals surface area (Å²) in [6.07, 6.45) is 0.820. The van der Waals surface area contributed by atoms with Crippen LogP contribution in [-0.4, -0.2) is 42.8 Å². The van der Waals surface area contributed by atoms with Crippen LogP contribution in [0.1, 0.15) is 27.2 Å². The average molecular weight is 245 g/mol. The number of hydrogen-bond acceptors (Lipinski definition) is 3. The molecular weight excluding hydrogens is 222 g/mol. The molecule has 1 atom stereocenters. The number of hydrogen-bond donors (Lipinski definition) is 4. The van der Waals surface area contributed by atoms with Crippen LogP contribution < -0.4 is 16.0 Å². The molecule has 0 radical (unpaired) electrons. The van der Waals surface area contributed by atoms with Crippen LogP contribution in [-0.2, 0) is 4.79 Å². The Balaban J connectivity index is 3.80. The third-order valence-corrected chi connectivity index (χ3v) is 2.29. The van der Waals surface area contributed by atoms with Gasteiger partial charge in [0.15, 0.2) is 0 Å². The van der Waals surface area contributed by atoms with E-state index in [1.165, 1.54) is 0 Å². The zero-order valence-electron chi connectivity index (χ0n) is 10.7. The zero-order chi connectivity index (χ0) is 13.3. The minimum absolute atomic E-state index is 0.139. The molecule has 6 heteroatoms. The lowest BCUT2D eigenvalue weighted by Gasteiger charge is -2.18. The van der Waals surface area contributed by atoms with Crippen molar-refractivity contribution in [1.82, 2.24) is 16.0 Å². The molecular formula is C11H23N3O3. The van der Waals surface area contributed by atoms with E-state index in [1.807, 2.05) is 6.92 Å². The van der Waals surface area contributed by atoms with E-state index in [0.29, 0.717) is 6.54 Å². The Hall–Kier alpha value is -1.30. The number of carboxylic acids is 1. The summed E-state index contributed by atoms with van der Waals surface area (Å²) in [7, 11) is 0. The Morgan fingerprint density at radius 1 is 1.24 bits per heavy atom. The molecule has 1 unspecified atom stereocenters. The number of urea groups is 1. The van der Waals surface area contributed by atoms with Crippen LogP contribution in [0.2, 0.25) is 0 Å². The average Bonchev–Trinajstić information content (AvgIpc) is 2.24. The van der Waals surface area contributed by atoms with Crippen molar-refractivity contribution in [3.05, 3.63) is 0 Å². The van der Waals surface area contributed by atoms with Gasteiger partial charge in [0.05, 0.1) is 0 Å². The van der Waals surface area contributed by atoms with E-state index in [0.717, 1.165) is 19.5 Å². The Kier molecular flexibility index (Phi) is 8.13. The van der Waals surface area contributed by atoms with E-state index < -0.39 is 18.0 Å². The Morgan fingerprint density at radius 3 is 2.35 bits per heavy atom. The van der Waals surface area contributed by atoms with Crippen molar-refractivity contribution >= 4 is 12.0 Å². The standard InChI is InChI=1S/C11H23N3O3/c1-4-12-6-5-7-13-11(17)14-9(8(2)3)10(15)16/h8-9,12H,4-7H2,1-3H3,(H,15,16)(H2,13,14,17). The van der Waals surface area contributed by atoms with Crippen molar-refractivity contribution in [1.29, 1.82) is 0 Å². The summed E-state index contributed by atoms with van der Waals surface area (Å²) in [5, 5.41) is 17.1. The van der Waals surface area contributed by atoms with E-state index in [4.69, 9.17) is 5.11 Å². The fraction of sp³-hybridized carbons (Fsp3) is 0.818. The van der Waals surface area contributed by atoms with Crippen molar-refractivity contribution in [2.75, 3.05) is 19.6 Å². The molecule has 0 aromatic rings. The van der Waals surface area contributed by atoms with E-state index in [-0.39, 0.29) is 5.92 Å². The molecule has 0 aliphatic rings. The number of amides is 2. The SMILES string of the molecule is CCNCCCNC(=O)NC(C(=O)O)C(C)C. The fourth-order valence-corrected chi connectivity index (χ4v) is 1.30. The maximum Gasteiger partial charge on any atom is 0.326 e. The summed E-state index contributed by atoms with van der Waals surface area (Å²) in [6, 6.07) is -1.27. The molecule has 2 amide bonds. The Labute approximate surface area is 102 Å². The van der Waals surface area contributed by atoms with Crippen molar-refractivity contribution in [3.8, 4) is 0 Å². The highest BCUT2D eigenvalue weighted by Gasteiger charge is 2.22. The quantitative estimate of drug-likeness (QED) is 0.466. The van der Waals surface area contributed by atoms with E-state index >= 15 is 0 Å². The van der Waals surface area contributed by atoms with Gasteiger partial charge in [-0.05, 0) is 25.4 Å². The summed E-state index contributed by atoms with van der Waals surface area (Å²) in [6.45, 7) is 7.79. The highest BCUT2D eigenvalue weighted by Crippen LogP contribution is 2.00. The maximum absolute atomic E-state index is 11.4.